The molecule has 134 valence electrons. The maximum absolute atomic E-state index is 11.6. The number of aromatic nitrogens is 2. The number of nitrogens with one attached hydrogen (secondary N) is 1. The number of aromatic amines is 1. The van der Waals surface area contributed by atoms with Crippen molar-refractivity contribution in [2.75, 3.05) is 20.7 Å². The summed E-state index contributed by atoms with van der Waals surface area (Å²) in [5.74, 6) is 0.478. The lowest BCUT2D eigenvalue weighted by Gasteiger charge is -2.22. The van der Waals surface area contributed by atoms with Gasteiger partial charge in [-0.1, -0.05) is 0 Å². The highest BCUT2D eigenvalue weighted by Gasteiger charge is 2.27. The van der Waals surface area contributed by atoms with E-state index in [1.807, 2.05) is 20.9 Å². The molecule has 2 aromatic rings. The van der Waals surface area contributed by atoms with Crippen LogP contribution in [-0.2, 0) is 13.0 Å². The molecule has 2 heterocycles. The van der Waals surface area contributed by atoms with Crippen molar-refractivity contribution in [1.82, 2.24) is 15.1 Å². The molecule has 0 saturated carbocycles. The Hall–Kier alpha value is -2.61. The van der Waals surface area contributed by atoms with Gasteiger partial charge in [0.2, 0.25) is 5.75 Å². The van der Waals surface area contributed by atoms with Crippen LogP contribution < -0.4 is 9.47 Å². The number of fused-ring (bicyclic) bond motifs is 1. The van der Waals surface area contributed by atoms with E-state index in [9.17, 15) is 10.1 Å². The molecular weight excluding hydrogens is 324 g/mol. The molecule has 8 nitrogen and oxygen atoms in total. The first-order chi connectivity index (χ1) is 11.9. The highest BCUT2D eigenvalue weighted by Crippen LogP contribution is 2.42. The van der Waals surface area contributed by atoms with Gasteiger partial charge in [0.1, 0.15) is 0 Å². The summed E-state index contributed by atoms with van der Waals surface area (Å²) in [6.07, 6.45) is 0.678. The summed E-state index contributed by atoms with van der Waals surface area (Å²) in [5.41, 5.74) is 3.40. The predicted molar refractivity (Wildman–Crippen MR) is 93.0 cm³/mol. The minimum atomic E-state index is -0.449. The number of nitro groups is 1. The van der Waals surface area contributed by atoms with Crippen molar-refractivity contribution in [2.24, 2.45) is 0 Å². The molecule has 1 aliphatic rings. The maximum Gasteiger partial charge on any atom is 0.315 e. The average molecular weight is 346 g/mol. The van der Waals surface area contributed by atoms with E-state index in [0.29, 0.717) is 11.3 Å². The van der Waals surface area contributed by atoms with Gasteiger partial charge in [0, 0.05) is 42.4 Å². The van der Waals surface area contributed by atoms with Crippen LogP contribution in [0.25, 0.3) is 11.3 Å². The molecule has 1 N–H and O–H groups in total. The van der Waals surface area contributed by atoms with E-state index in [1.54, 1.807) is 6.07 Å². The van der Waals surface area contributed by atoms with Crippen molar-refractivity contribution in [2.45, 2.75) is 32.9 Å². The Balaban J connectivity index is 2.14. The van der Waals surface area contributed by atoms with Crippen LogP contribution in [0.15, 0.2) is 12.1 Å². The van der Waals surface area contributed by atoms with Crippen LogP contribution >= 0.6 is 0 Å². The van der Waals surface area contributed by atoms with Crippen LogP contribution in [0.5, 0.6) is 11.5 Å². The molecule has 1 aromatic carbocycles. The Kier molecular flexibility index (Phi) is 4.63. The third-order valence-corrected chi connectivity index (χ3v) is 4.20. The lowest BCUT2D eigenvalue weighted by atomic mass is 10.0. The summed E-state index contributed by atoms with van der Waals surface area (Å²) in [6, 6.07) is 3.25. The summed E-state index contributed by atoms with van der Waals surface area (Å²) < 4.78 is 11.0. The molecule has 0 radical (unpaired) electrons. The molecule has 0 unspecified atom stereocenters. The number of hydrogen-bond donors (Lipinski definition) is 1. The van der Waals surface area contributed by atoms with E-state index in [2.05, 4.69) is 15.1 Å². The van der Waals surface area contributed by atoms with Gasteiger partial charge in [0.25, 0.3) is 0 Å². The van der Waals surface area contributed by atoms with Crippen molar-refractivity contribution in [1.29, 1.82) is 0 Å². The molecule has 8 heteroatoms. The Morgan fingerprint density at radius 2 is 2.16 bits per heavy atom. The molecule has 25 heavy (non-hydrogen) atoms. The molecule has 0 bridgehead atoms. The molecule has 1 aliphatic heterocycles. The standard InChI is InChI=1S/C17H22N4O4/c1-10(2)25-17-14(21(22)23)7-11(8-15(17)24-4)16-12-9-20(3)6-5-13(12)18-19-16/h7-8,10H,5-6,9H2,1-4H3,(H,18,19). The van der Waals surface area contributed by atoms with Crippen LogP contribution in [0.4, 0.5) is 5.69 Å². The summed E-state index contributed by atoms with van der Waals surface area (Å²) in [4.78, 5) is 13.3. The van der Waals surface area contributed by atoms with Gasteiger partial charge in [0.05, 0.1) is 23.8 Å². The van der Waals surface area contributed by atoms with Crippen molar-refractivity contribution in [3.8, 4) is 22.8 Å². The van der Waals surface area contributed by atoms with Gasteiger partial charge >= 0.3 is 5.69 Å². The van der Waals surface area contributed by atoms with Gasteiger partial charge in [-0.2, -0.15) is 5.10 Å². The first-order valence-electron chi connectivity index (χ1n) is 8.18. The lowest BCUT2D eigenvalue weighted by Crippen LogP contribution is -2.26. The summed E-state index contributed by atoms with van der Waals surface area (Å²) in [7, 11) is 3.52. The van der Waals surface area contributed by atoms with Gasteiger partial charge in [-0.25, -0.2) is 0 Å². The third-order valence-electron chi connectivity index (χ3n) is 4.20. The van der Waals surface area contributed by atoms with Gasteiger partial charge in [-0.05, 0) is 27.0 Å². The molecule has 0 atom stereocenters. The summed E-state index contributed by atoms with van der Waals surface area (Å²) in [6.45, 7) is 5.34. The quantitative estimate of drug-likeness (QED) is 0.661. The zero-order valence-electron chi connectivity index (χ0n) is 14.8. The predicted octanol–water partition coefficient (Wildman–Crippen LogP) is 2.77. The molecule has 0 amide bonds. The SMILES string of the molecule is COc1cc(-c2n[nH]c3c2CN(C)CC3)cc([N+](=O)[O-])c1OC(C)C. The molecule has 3 rings (SSSR count). The second kappa shape index (κ2) is 6.72. The maximum atomic E-state index is 11.6. The normalized spacial score (nSPS) is 14.4. The van der Waals surface area contributed by atoms with Gasteiger partial charge in [-0.3, -0.25) is 15.2 Å². The highest BCUT2D eigenvalue weighted by atomic mass is 16.6. The Morgan fingerprint density at radius 1 is 1.40 bits per heavy atom. The number of benzene rings is 1. The largest absolute Gasteiger partial charge is 0.493 e. The van der Waals surface area contributed by atoms with Gasteiger partial charge in [0.15, 0.2) is 5.75 Å². The number of hydrogen-bond acceptors (Lipinski definition) is 6. The van der Waals surface area contributed by atoms with Crippen LogP contribution in [-0.4, -0.2) is 46.8 Å². The molecule has 0 fully saturated rings. The first kappa shape index (κ1) is 17.2. The number of rotatable bonds is 5. The first-order valence-corrected chi connectivity index (χ1v) is 8.18. The van der Waals surface area contributed by atoms with Crippen LogP contribution in [0.3, 0.4) is 0 Å². The van der Waals surface area contributed by atoms with E-state index in [1.165, 1.54) is 13.2 Å². The molecule has 1 aromatic heterocycles. The van der Waals surface area contributed by atoms with Crippen molar-refractivity contribution >= 4 is 5.69 Å². The Morgan fingerprint density at radius 3 is 2.80 bits per heavy atom. The number of methoxy groups -OCH3 is 1. The highest BCUT2D eigenvalue weighted by molar-refractivity contribution is 5.73. The van der Waals surface area contributed by atoms with E-state index in [4.69, 9.17) is 9.47 Å². The van der Waals surface area contributed by atoms with Crippen molar-refractivity contribution in [3.63, 3.8) is 0 Å². The monoisotopic (exact) mass is 346 g/mol. The van der Waals surface area contributed by atoms with E-state index in [-0.39, 0.29) is 17.5 Å². The Bertz CT molecular complexity index is 800. The molecule has 0 saturated heterocycles. The van der Waals surface area contributed by atoms with Crippen LogP contribution in [0.2, 0.25) is 0 Å². The summed E-state index contributed by atoms with van der Waals surface area (Å²) in [5, 5.41) is 19.0. The average Bonchev–Trinajstić information content (AvgIpc) is 2.97. The lowest BCUT2D eigenvalue weighted by molar-refractivity contribution is -0.386. The number of H-pyrrole nitrogens is 1. The Labute approximate surface area is 145 Å². The smallest absolute Gasteiger partial charge is 0.315 e. The zero-order valence-corrected chi connectivity index (χ0v) is 14.8. The van der Waals surface area contributed by atoms with E-state index < -0.39 is 4.92 Å². The third kappa shape index (κ3) is 3.30. The number of nitrogens with zero attached hydrogens (tertiary/aromatic N) is 3. The summed E-state index contributed by atoms with van der Waals surface area (Å²) >= 11 is 0. The van der Waals surface area contributed by atoms with Gasteiger partial charge in [-0.15, -0.1) is 0 Å². The van der Waals surface area contributed by atoms with Crippen molar-refractivity contribution in [3.05, 3.63) is 33.5 Å². The topological polar surface area (TPSA) is 93.5 Å². The van der Waals surface area contributed by atoms with Crippen LogP contribution in [0, 0.1) is 10.1 Å². The van der Waals surface area contributed by atoms with Crippen LogP contribution in [0.1, 0.15) is 25.1 Å². The number of ether oxygens (including phenoxy) is 2. The molecule has 0 spiro atoms. The fourth-order valence-corrected chi connectivity index (χ4v) is 3.03. The second-order valence-corrected chi connectivity index (χ2v) is 6.47. The number of nitro benzene ring substituents is 1. The zero-order chi connectivity index (χ0) is 18.1. The van der Waals surface area contributed by atoms with E-state index in [0.717, 1.165) is 36.5 Å². The van der Waals surface area contributed by atoms with Crippen molar-refractivity contribution < 1.29 is 14.4 Å². The fraction of sp³-hybridized carbons (Fsp3) is 0.471. The minimum absolute atomic E-state index is 0.121. The van der Waals surface area contributed by atoms with Gasteiger partial charge < -0.3 is 14.4 Å². The minimum Gasteiger partial charge on any atom is -0.493 e. The fourth-order valence-electron chi connectivity index (χ4n) is 3.03. The molecular formula is C17H22N4O4. The second-order valence-electron chi connectivity index (χ2n) is 6.47. The van der Waals surface area contributed by atoms with E-state index >= 15 is 0 Å². The molecule has 0 aliphatic carbocycles. The number of likely N-dealkylation sites (N-methyl/N-ethyl adjacent to an activating group) is 1.